The van der Waals surface area contributed by atoms with E-state index in [1.807, 2.05) is 0 Å². The molecule has 0 aromatic rings. The average molecular weight is 266 g/mol. The van der Waals surface area contributed by atoms with Gasteiger partial charge in [-0.1, -0.05) is 11.6 Å². The van der Waals surface area contributed by atoms with E-state index >= 15 is 0 Å². The predicted octanol–water partition coefficient (Wildman–Crippen LogP) is 2.58. The van der Waals surface area contributed by atoms with E-state index in [0.29, 0.717) is 6.10 Å². The van der Waals surface area contributed by atoms with E-state index in [1.54, 1.807) is 0 Å². The van der Waals surface area contributed by atoms with Gasteiger partial charge in [-0.05, 0) is 65.6 Å². The SMILES string of the molecule is CC(C)=CCN1CCC(NCCC2CCCO2)CC1. The van der Waals surface area contributed by atoms with E-state index < -0.39 is 0 Å². The molecular weight excluding hydrogens is 236 g/mol. The fraction of sp³-hybridized carbons (Fsp3) is 0.875. The summed E-state index contributed by atoms with van der Waals surface area (Å²) < 4.78 is 5.66. The highest BCUT2D eigenvalue weighted by Crippen LogP contribution is 2.15. The number of nitrogens with zero attached hydrogens (tertiary/aromatic N) is 1. The molecule has 0 bridgehead atoms. The molecule has 3 heteroatoms. The van der Waals surface area contributed by atoms with Crippen molar-refractivity contribution in [3.63, 3.8) is 0 Å². The minimum absolute atomic E-state index is 0.533. The maximum atomic E-state index is 5.66. The Morgan fingerprint density at radius 3 is 2.68 bits per heavy atom. The van der Waals surface area contributed by atoms with Crippen LogP contribution >= 0.6 is 0 Å². The second-order valence-corrected chi connectivity index (χ2v) is 6.23. The topological polar surface area (TPSA) is 24.5 Å². The number of rotatable bonds is 6. The Kier molecular flexibility index (Phi) is 6.35. The van der Waals surface area contributed by atoms with Gasteiger partial charge < -0.3 is 10.1 Å². The molecule has 1 N–H and O–H groups in total. The maximum Gasteiger partial charge on any atom is 0.0588 e. The monoisotopic (exact) mass is 266 g/mol. The summed E-state index contributed by atoms with van der Waals surface area (Å²) in [4.78, 5) is 2.56. The zero-order chi connectivity index (χ0) is 13.5. The fourth-order valence-electron chi connectivity index (χ4n) is 2.95. The largest absolute Gasteiger partial charge is 0.378 e. The van der Waals surface area contributed by atoms with Gasteiger partial charge in [-0.15, -0.1) is 0 Å². The third kappa shape index (κ3) is 5.64. The third-order valence-electron chi connectivity index (χ3n) is 4.27. The Labute approximate surface area is 118 Å². The molecule has 0 aliphatic carbocycles. The van der Waals surface area contributed by atoms with Gasteiger partial charge in [0, 0.05) is 19.2 Å². The number of hydrogen-bond donors (Lipinski definition) is 1. The van der Waals surface area contributed by atoms with Crippen LogP contribution in [0.5, 0.6) is 0 Å². The highest BCUT2D eigenvalue weighted by molar-refractivity contribution is 4.95. The van der Waals surface area contributed by atoms with Crippen LogP contribution in [-0.2, 0) is 4.74 Å². The minimum atomic E-state index is 0.533. The first-order chi connectivity index (χ1) is 9.24. The van der Waals surface area contributed by atoms with Gasteiger partial charge in [0.25, 0.3) is 0 Å². The Bertz CT molecular complexity index is 272. The molecule has 0 amide bonds. The summed E-state index contributed by atoms with van der Waals surface area (Å²) >= 11 is 0. The van der Waals surface area contributed by atoms with Crippen LogP contribution in [0.3, 0.4) is 0 Å². The number of ether oxygens (including phenoxy) is 1. The smallest absolute Gasteiger partial charge is 0.0588 e. The number of piperidine rings is 1. The lowest BCUT2D eigenvalue weighted by Crippen LogP contribution is -2.43. The molecule has 3 nitrogen and oxygen atoms in total. The molecule has 0 aromatic carbocycles. The standard InChI is InChI=1S/C16H30N2O/c1-14(2)6-10-18-11-7-15(8-12-18)17-9-5-16-4-3-13-19-16/h6,15-17H,3-5,7-13H2,1-2H3. The lowest BCUT2D eigenvalue weighted by atomic mass is 10.0. The summed E-state index contributed by atoms with van der Waals surface area (Å²) in [6.45, 7) is 10.1. The molecule has 19 heavy (non-hydrogen) atoms. The van der Waals surface area contributed by atoms with Crippen LogP contribution in [0.4, 0.5) is 0 Å². The Morgan fingerprint density at radius 1 is 1.26 bits per heavy atom. The fourth-order valence-corrected chi connectivity index (χ4v) is 2.95. The Balaban J connectivity index is 1.54. The zero-order valence-corrected chi connectivity index (χ0v) is 12.7. The van der Waals surface area contributed by atoms with Gasteiger partial charge in [-0.25, -0.2) is 0 Å². The molecule has 2 rings (SSSR count). The molecule has 2 heterocycles. The van der Waals surface area contributed by atoms with E-state index in [2.05, 4.69) is 30.1 Å². The van der Waals surface area contributed by atoms with Gasteiger partial charge in [-0.3, -0.25) is 4.90 Å². The molecule has 2 aliphatic rings. The van der Waals surface area contributed by atoms with Crippen LogP contribution in [0, 0.1) is 0 Å². The molecular formula is C16H30N2O. The molecule has 1 atom stereocenters. The van der Waals surface area contributed by atoms with Crippen molar-refractivity contribution in [1.82, 2.24) is 10.2 Å². The van der Waals surface area contributed by atoms with Crippen molar-refractivity contribution in [3.8, 4) is 0 Å². The second kappa shape index (κ2) is 8.03. The van der Waals surface area contributed by atoms with E-state index in [0.717, 1.165) is 25.7 Å². The highest BCUT2D eigenvalue weighted by atomic mass is 16.5. The molecule has 0 aromatic heterocycles. The third-order valence-corrected chi connectivity index (χ3v) is 4.27. The Morgan fingerprint density at radius 2 is 2.05 bits per heavy atom. The van der Waals surface area contributed by atoms with Crippen molar-refractivity contribution >= 4 is 0 Å². The summed E-state index contributed by atoms with van der Waals surface area (Å²) in [5, 5.41) is 3.71. The van der Waals surface area contributed by atoms with Crippen molar-refractivity contribution in [1.29, 1.82) is 0 Å². The first-order valence-electron chi connectivity index (χ1n) is 7.95. The summed E-state index contributed by atoms with van der Waals surface area (Å²) in [6, 6.07) is 0.726. The molecule has 2 aliphatic heterocycles. The van der Waals surface area contributed by atoms with Gasteiger partial charge in [0.1, 0.15) is 0 Å². The van der Waals surface area contributed by atoms with E-state index in [-0.39, 0.29) is 0 Å². The normalized spacial score (nSPS) is 25.7. The van der Waals surface area contributed by atoms with Gasteiger partial charge in [-0.2, -0.15) is 0 Å². The molecule has 0 spiro atoms. The highest BCUT2D eigenvalue weighted by Gasteiger charge is 2.19. The second-order valence-electron chi connectivity index (χ2n) is 6.23. The Hall–Kier alpha value is -0.380. The number of nitrogens with one attached hydrogen (secondary N) is 1. The van der Waals surface area contributed by atoms with Crippen molar-refractivity contribution in [2.24, 2.45) is 0 Å². The number of allylic oxidation sites excluding steroid dienone is 1. The zero-order valence-electron chi connectivity index (χ0n) is 12.7. The van der Waals surface area contributed by atoms with Crippen molar-refractivity contribution in [3.05, 3.63) is 11.6 Å². The van der Waals surface area contributed by atoms with Crippen LogP contribution in [-0.4, -0.2) is 49.8 Å². The molecule has 110 valence electrons. The first-order valence-corrected chi connectivity index (χ1v) is 7.95. The van der Waals surface area contributed by atoms with Gasteiger partial charge in [0.15, 0.2) is 0 Å². The lowest BCUT2D eigenvalue weighted by molar-refractivity contribution is 0.102. The van der Waals surface area contributed by atoms with Crippen LogP contribution < -0.4 is 5.32 Å². The van der Waals surface area contributed by atoms with Gasteiger partial charge in [0.05, 0.1) is 6.10 Å². The van der Waals surface area contributed by atoms with E-state index in [1.165, 1.54) is 50.8 Å². The first kappa shape index (κ1) is 15.0. The minimum Gasteiger partial charge on any atom is -0.378 e. The van der Waals surface area contributed by atoms with E-state index in [4.69, 9.17) is 4.74 Å². The average Bonchev–Trinajstić information content (AvgIpc) is 2.91. The van der Waals surface area contributed by atoms with Crippen LogP contribution in [0.15, 0.2) is 11.6 Å². The quantitative estimate of drug-likeness (QED) is 0.748. The molecule has 1 unspecified atom stereocenters. The maximum absolute atomic E-state index is 5.66. The predicted molar refractivity (Wildman–Crippen MR) is 80.5 cm³/mol. The summed E-state index contributed by atoms with van der Waals surface area (Å²) in [7, 11) is 0. The molecule has 2 saturated heterocycles. The molecule has 0 saturated carbocycles. The van der Waals surface area contributed by atoms with E-state index in [9.17, 15) is 0 Å². The van der Waals surface area contributed by atoms with Gasteiger partial charge >= 0.3 is 0 Å². The summed E-state index contributed by atoms with van der Waals surface area (Å²) in [5.41, 5.74) is 1.43. The lowest BCUT2D eigenvalue weighted by Gasteiger charge is -2.32. The number of likely N-dealkylation sites (tertiary alicyclic amines) is 1. The van der Waals surface area contributed by atoms with Crippen LogP contribution in [0.25, 0.3) is 0 Å². The van der Waals surface area contributed by atoms with Crippen molar-refractivity contribution < 1.29 is 4.74 Å². The van der Waals surface area contributed by atoms with Crippen LogP contribution in [0.2, 0.25) is 0 Å². The molecule has 2 fully saturated rings. The van der Waals surface area contributed by atoms with Crippen molar-refractivity contribution in [2.75, 3.05) is 32.8 Å². The summed E-state index contributed by atoms with van der Waals surface area (Å²) in [5.74, 6) is 0. The van der Waals surface area contributed by atoms with Crippen molar-refractivity contribution in [2.45, 2.75) is 58.1 Å². The van der Waals surface area contributed by atoms with Gasteiger partial charge in [0.2, 0.25) is 0 Å². The molecule has 0 radical (unpaired) electrons. The summed E-state index contributed by atoms with van der Waals surface area (Å²) in [6.07, 6.45) is 9.18. The van der Waals surface area contributed by atoms with Crippen LogP contribution in [0.1, 0.15) is 46.0 Å². The number of hydrogen-bond acceptors (Lipinski definition) is 3.